The van der Waals surface area contributed by atoms with Crippen molar-refractivity contribution < 1.29 is 38.2 Å². The van der Waals surface area contributed by atoms with Crippen LogP contribution in [0.1, 0.15) is 65.1 Å². The van der Waals surface area contributed by atoms with Crippen LogP contribution in [0.15, 0.2) is 111 Å². The minimum absolute atomic E-state index is 0.0830. The molecule has 0 radical (unpaired) electrons. The van der Waals surface area contributed by atoms with Gasteiger partial charge in [-0.3, -0.25) is 28.8 Å². The van der Waals surface area contributed by atoms with Crippen molar-refractivity contribution in [2.75, 3.05) is 40.4 Å². The van der Waals surface area contributed by atoms with Gasteiger partial charge in [-0.1, -0.05) is 35.3 Å². The van der Waals surface area contributed by atoms with Crippen molar-refractivity contribution >= 4 is 127 Å². The monoisotopic (exact) mass is 1040 g/mol. The third-order valence-electron chi connectivity index (χ3n) is 9.62. The number of hydrogen-bond acceptors (Lipinski definition) is 12. The fourth-order valence-electron chi connectivity index (χ4n) is 6.39. The maximum absolute atomic E-state index is 13.6. The number of halogens is 5. The number of aryl methyl sites for hydroxylation is 1. The SMILES string of the molecule is CCOc1ccc(CCl)cc1NC(=O)c1cc(Cl)cc(N=NC(C(C)=O)C(=O)Nc2ccc(NC(=O)C(N=Nc3cc(Cl)cc(C(=O)Nc4cc(CCl)ccc4OCC)c3)C(C)=O)c(CCCl)c2)c1. The fourth-order valence-corrected chi connectivity index (χ4v) is 7.39. The molecule has 0 bridgehead atoms. The third kappa shape index (κ3) is 15.3. The predicted octanol–water partition coefficient (Wildman–Crippen LogP) is 11.9. The summed E-state index contributed by atoms with van der Waals surface area (Å²) in [6.07, 6.45) is 0.203. The van der Waals surface area contributed by atoms with Crippen molar-refractivity contribution in [2.45, 2.75) is 58.0 Å². The van der Waals surface area contributed by atoms with Crippen LogP contribution >= 0.6 is 58.0 Å². The molecule has 5 aromatic rings. The molecule has 0 aliphatic rings. The molecule has 0 aromatic heterocycles. The molecule has 2 unspecified atom stereocenters. The molecule has 0 saturated heterocycles. The van der Waals surface area contributed by atoms with Crippen LogP contribution in [0.25, 0.3) is 0 Å². The summed E-state index contributed by atoms with van der Waals surface area (Å²) in [6, 6.07) is 19.9. The zero-order chi connectivity index (χ0) is 50.2. The fraction of sp³-hybridized carbons (Fsp3) is 0.250. The summed E-state index contributed by atoms with van der Waals surface area (Å²) in [5, 5.41) is 27.3. The van der Waals surface area contributed by atoms with E-state index in [-0.39, 0.29) is 68.0 Å². The molecule has 4 amide bonds. The Morgan fingerprint density at radius 1 is 0.551 bits per heavy atom. The van der Waals surface area contributed by atoms with Gasteiger partial charge >= 0.3 is 0 Å². The molecule has 0 heterocycles. The van der Waals surface area contributed by atoms with E-state index in [1.54, 1.807) is 43.3 Å². The molecule has 21 heteroatoms. The molecule has 4 N–H and O–H groups in total. The summed E-state index contributed by atoms with van der Waals surface area (Å²) < 4.78 is 11.3. The normalized spacial score (nSPS) is 12.0. The lowest BCUT2D eigenvalue weighted by atomic mass is 10.1. The second-order valence-corrected chi connectivity index (χ2v) is 16.6. The lowest BCUT2D eigenvalue weighted by Crippen LogP contribution is -2.32. The Kier molecular flexibility index (Phi) is 20.0. The molecule has 5 aromatic carbocycles. The number of alkyl halides is 3. The highest BCUT2D eigenvalue weighted by Gasteiger charge is 2.26. The molecule has 2 atom stereocenters. The first-order chi connectivity index (χ1) is 33.0. The quantitative estimate of drug-likeness (QED) is 0.0296. The summed E-state index contributed by atoms with van der Waals surface area (Å²) in [7, 11) is 0. The molecule has 0 saturated carbocycles. The van der Waals surface area contributed by atoms with E-state index in [1.807, 2.05) is 6.92 Å². The minimum atomic E-state index is -1.62. The van der Waals surface area contributed by atoms with Crippen molar-refractivity contribution in [3.63, 3.8) is 0 Å². The Bertz CT molecular complexity index is 2810. The number of Topliss-reactive ketones (excluding diaryl/α,β-unsaturated/α-hetero) is 2. The van der Waals surface area contributed by atoms with Gasteiger partial charge in [0.1, 0.15) is 11.5 Å². The van der Waals surface area contributed by atoms with Crippen molar-refractivity contribution in [2.24, 2.45) is 20.5 Å². The number of anilines is 4. The molecule has 0 aliphatic heterocycles. The summed E-state index contributed by atoms with van der Waals surface area (Å²) in [4.78, 5) is 79.1. The van der Waals surface area contributed by atoms with E-state index in [0.29, 0.717) is 41.7 Å². The number of carbonyl (C=O) groups excluding carboxylic acids is 6. The van der Waals surface area contributed by atoms with Crippen molar-refractivity contribution in [1.82, 2.24) is 0 Å². The number of ketones is 2. The number of amides is 4. The maximum atomic E-state index is 13.6. The average Bonchev–Trinajstić information content (AvgIpc) is 3.30. The van der Waals surface area contributed by atoms with Crippen LogP contribution in [0.5, 0.6) is 11.5 Å². The lowest BCUT2D eigenvalue weighted by Gasteiger charge is -2.15. The molecule has 0 aliphatic carbocycles. The highest BCUT2D eigenvalue weighted by Crippen LogP contribution is 2.31. The van der Waals surface area contributed by atoms with Crippen LogP contribution in [0.4, 0.5) is 34.1 Å². The van der Waals surface area contributed by atoms with Crippen LogP contribution in [0.2, 0.25) is 10.0 Å². The van der Waals surface area contributed by atoms with Crippen LogP contribution < -0.4 is 30.7 Å². The molecule has 0 fully saturated rings. The third-order valence-corrected chi connectivity index (χ3v) is 10.9. The Morgan fingerprint density at radius 2 is 1.01 bits per heavy atom. The van der Waals surface area contributed by atoms with Gasteiger partial charge < -0.3 is 30.7 Å². The van der Waals surface area contributed by atoms with Crippen molar-refractivity contribution in [1.29, 1.82) is 0 Å². The van der Waals surface area contributed by atoms with Gasteiger partial charge in [0.15, 0.2) is 11.6 Å². The van der Waals surface area contributed by atoms with E-state index in [2.05, 4.69) is 41.7 Å². The van der Waals surface area contributed by atoms with Gasteiger partial charge in [0.05, 0.1) is 36.0 Å². The zero-order valence-corrected chi connectivity index (χ0v) is 41.3. The molecule has 69 heavy (non-hydrogen) atoms. The van der Waals surface area contributed by atoms with Crippen LogP contribution in [-0.4, -0.2) is 66.4 Å². The minimum Gasteiger partial charge on any atom is -0.492 e. The Labute approximate surface area is 422 Å². The molecule has 5 rings (SSSR count). The van der Waals surface area contributed by atoms with Gasteiger partial charge in [-0.2, -0.15) is 20.5 Å². The predicted molar refractivity (Wildman–Crippen MR) is 269 cm³/mol. The van der Waals surface area contributed by atoms with E-state index in [0.717, 1.165) is 25.0 Å². The lowest BCUT2D eigenvalue weighted by molar-refractivity contribution is -0.127. The average molecular weight is 1040 g/mol. The first kappa shape index (κ1) is 53.5. The van der Waals surface area contributed by atoms with Gasteiger partial charge in [0.25, 0.3) is 23.6 Å². The summed E-state index contributed by atoms with van der Waals surface area (Å²) >= 11 is 30.8. The summed E-state index contributed by atoms with van der Waals surface area (Å²) in [5.74, 6) is -2.67. The number of hydrogen-bond donors (Lipinski definition) is 4. The smallest absolute Gasteiger partial charge is 0.258 e. The van der Waals surface area contributed by atoms with Gasteiger partial charge in [-0.05, 0) is 130 Å². The summed E-state index contributed by atoms with van der Waals surface area (Å²) in [6.45, 7) is 6.65. The zero-order valence-electron chi connectivity index (χ0n) is 37.5. The van der Waals surface area contributed by atoms with E-state index < -0.39 is 47.3 Å². The van der Waals surface area contributed by atoms with Crippen molar-refractivity contribution in [3.8, 4) is 11.5 Å². The number of benzene rings is 5. The van der Waals surface area contributed by atoms with Crippen LogP contribution in [0, 0.1) is 0 Å². The largest absolute Gasteiger partial charge is 0.492 e. The number of carbonyl (C=O) groups is 6. The van der Waals surface area contributed by atoms with Gasteiger partial charge in [-0.25, -0.2) is 0 Å². The highest BCUT2D eigenvalue weighted by molar-refractivity contribution is 6.32. The maximum Gasteiger partial charge on any atom is 0.258 e. The number of azo groups is 2. The Morgan fingerprint density at radius 3 is 1.43 bits per heavy atom. The van der Waals surface area contributed by atoms with Crippen molar-refractivity contribution in [3.05, 3.63) is 129 Å². The highest BCUT2D eigenvalue weighted by atomic mass is 35.5. The van der Waals surface area contributed by atoms with E-state index in [4.69, 9.17) is 67.5 Å². The number of ether oxygens (including phenoxy) is 2. The van der Waals surface area contributed by atoms with Gasteiger partial charge in [-0.15, -0.1) is 34.8 Å². The van der Waals surface area contributed by atoms with Gasteiger partial charge in [0, 0.05) is 50.2 Å². The molecule has 360 valence electrons. The first-order valence-corrected chi connectivity index (χ1v) is 23.4. The van der Waals surface area contributed by atoms with Crippen LogP contribution in [0.3, 0.4) is 0 Å². The second kappa shape index (κ2) is 25.8. The molecule has 0 spiro atoms. The molecule has 16 nitrogen and oxygen atoms in total. The van der Waals surface area contributed by atoms with Gasteiger partial charge in [0.2, 0.25) is 12.1 Å². The van der Waals surface area contributed by atoms with Crippen LogP contribution in [-0.2, 0) is 37.4 Å². The van der Waals surface area contributed by atoms with E-state index in [9.17, 15) is 28.8 Å². The summed E-state index contributed by atoms with van der Waals surface area (Å²) in [5.41, 5.74) is 3.58. The number of nitrogens with zero attached hydrogens (tertiary/aromatic N) is 4. The number of rotatable bonds is 22. The van der Waals surface area contributed by atoms with E-state index in [1.165, 1.54) is 54.6 Å². The standard InChI is InChI=1S/C48H45Cl5N8O8/c1-5-68-41-11-7-28(24-50)15-39(41)56-45(64)31-17-33(52)22-36(20-31)58-60-43(26(3)62)47(66)54-35-9-10-38(30(19-35)13-14-49)55-48(67)44(27(4)63)61-59-37-21-32(18-34(53)23-37)46(65)57-40-16-29(25-51)8-12-42(40)69-6-2/h7-12,15-23,43-44H,5-6,13-14,24-25H2,1-4H3,(H,54,66)(H,55,67)(H,56,64)(H,57,65). The second-order valence-electron chi connectivity index (χ2n) is 14.8. The molecular formula is C48H45Cl5N8O8. The van der Waals surface area contributed by atoms with E-state index >= 15 is 0 Å². The first-order valence-electron chi connectivity index (χ1n) is 21.1. The molecular weight excluding hydrogens is 994 g/mol. The number of nitrogens with one attached hydrogen (secondary N) is 4. The topological polar surface area (TPSA) is 218 Å². The Hall–Kier alpha value is -6.43. The Balaban J connectivity index is 1.28.